The van der Waals surface area contributed by atoms with Crippen LogP contribution in [0.3, 0.4) is 0 Å². The Bertz CT molecular complexity index is 212. The van der Waals surface area contributed by atoms with Crippen molar-refractivity contribution in [1.82, 2.24) is 4.90 Å². The van der Waals surface area contributed by atoms with Crippen LogP contribution in [0.5, 0.6) is 0 Å². The highest BCUT2D eigenvalue weighted by molar-refractivity contribution is 4.83. The molecule has 0 aliphatic carbocycles. The Labute approximate surface area is 99.5 Å². The van der Waals surface area contributed by atoms with E-state index in [9.17, 15) is 10.2 Å². The molecule has 96 valence electrons. The fraction of sp³-hybridized carbons (Fsp3) is 1.00. The number of rotatable bonds is 4. The van der Waals surface area contributed by atoms with Gasteiger partial charge in [-0.2, -0.15) is 0 Å². The zero-order chi connectivity index (χ0) is 12.2. The number of hydrogen-bond donors (Lipinski definition) is 2. The molecular formula is C13H27NO2. The van der Waals surface area contributed by atoms with E-state index in [0.29, 0.717) is 0 Å². The molecule has 0 aromatic heterocycles. The molecule has 1 fully saturated rings. The molecule has 16 heavy (non-hydrogen) atoms. The second-order valence-electron chi connectivity index (χ2n) is 5.95. The predicted octanol–water partition coefficient (Wildman–Crippen LogP) is 1.63. The summed E-state index contributed by atoms with van der Waals surface area (Å²) < 4.78 is 0. The van der Waals surface area contributed by atoms with E-state index >= 15 is 0 Å². The van der Waals surface area contributed by atoms with Crippen molar-refractivity contribution >= 4 is 0 Å². The summed E-state index contributed by atoms with van der Waals surface area (Å²) in [5.41, 5.74) is -0.479. The summed E-state index contributed by atoms with van der Waals surface area (Å²) in [6.45, 7) is 9.38. The summed E-state index contributed by atoms with van der Waals surface area (Å²) in [6, 6.07) is 0. The molecule has 1 aliphatic heterocycles. The maximum Gasteiger partial charge on any atom is 0.0632 e. The van der Waals surface area contributed by atoms with Crippen molar-refractivity contribution in [3.63, 3.8) is 0 Å². The van der Waals surface area contributed by atoms with E-state index in [4.69, 9.17) is 0 Å². The highest BCUT2D eigenvalue weighted by atomic mass is 16.3. The van der Waals surface area contributed by atoms with Crippen LogP contribution < -0.4 is 0 Å². The lowest BCUT2D eigenvalue weighted by atomic mass is 9.88. The van der Waals surface area contributed by atoms with Gasteiger partial charge in [0.05, 0.1) is 5.60 Å². The Morgan fingerprint density at radius 2 is 2.00 bits per heavy atom. The van der Waals surface area contributed by atoms with Gasteiger partial charge in [-0.25, -0.2) is 0 Å². The minimum atomic E-state index is -0.490. The lowest BCUT2D eigenvalue weighted by Crippen LogP contribution is -2.39. The van der Waals surface area contributed by atoms with Crippen LogP contribution in [0.1, 0.15) is 46.5 Å². The summed E-state index contributed by atoms with van der Waals surface area (Å²) in [6.07, 6.45) is 3.79. The van der Waals surface area contributed by atoms with E-state index < -0.39 is 5.60 Å². The lowest BCUT2D eigenvalue weighted by Gasteiger charge is -2.33. The average molecular weight is 229 g/mol. The van der Waals surface area contributed by atoms with Crippen LogP contribution in [0.2, 0.25) is 0 Å². The Balaban J connectivity index is 2.49. The third-order valence-electron chi connectivity index (χ3n) is 4.00. The molecule has 0 bridgehead atoms. The van der Waals surface area contributed by atoms with Gasteiger partial charge in [0.15, 0.2) is 0 Å². The van der Waals surface area contributed by atoms with E-state index in [1.807, 2.05) is 6.92 Å². The standard InChI is InChI=1S/C13H27NO2/c1-4-12(2,11-15)10-14-8-5-6-13(3,16)7-9-14/h15-16H,4-11H2,1-3H3. The highest BCUT2D eigenvalue weighted by Crippen LogP contribution is 2.26. The van der Waals surface area contributed by atoms with Crippen LogP contribution in [0.4, 0.5) is 0 Å². The summed E-state index contributed by atoms with van der Waals surface area (Å²) in [5, 5.41) is 19.4. The molecule has 3 nitrogen and oxygen atoms in total. The van der Waals surface area contributed by atoms with E-state index in [2.05, 4.69) is 18.7 Å². The van der Waals surface area contributed by atoms with Crippen LogP contribution in [0.25, 0.3) is 0 Å². The summed E-state index contributed by atoms with van der Waals surface area (Å²) in [4.78, 5) is 2.39. The molecular weight excluding hydrogens is 202 g/mol. The van der Waals surface area contributed by atoms with Gasteiger partial charge >= 0.3 is 0 Å². The lowest BCUT2D eigenvalue weighted by molar-refractivity contribution is 0.0402. The van der Waals surface area contributed by atoms with Gasteiger partial charge in [0, 0.05) is 25.1 Å². The van der Waals surface area contributed by atoms with Crippen LogP contribution >= 0.6 is 0 Å². The molecule has 0 aromatic rings. The van der Waals surface area contributed by atoms with Crippen LogP contribution in [-0.4, -0.2) is 47.0 Å². The summed E-state index contributed by atoms with van der Waals surface area (Å²) in [5.74, 6) is 0. The minimum absolute atomic E-state index is 0.0101. The van der Waals surface area contributed by atoms with Crippen molar-refractivity contribution in [3.05, 3.63) is 0 Å². The number of aliphatic hydroxyl groups is 2. The first-order valence-electron chi connectivity index (χ1n) is 6.46. The Morgan fingerprint density at radius 1 is 1.31 bits per heavy atom. The van der Waals surface area contributed by atoms with E-state index in [1.54, 1.807) is 0 Å². The van der Waals surface area contributed by atoms with E-state index in [-0.39, 0.29) is 12.0 Å². The van der Waals surface area contributed by atoms with Gasteiger partial charge in [-0.05, 0) is 39.2 Å². The number of likely N-dealkylation sites (tertiary alicyclic amines) is 1. The fourth-order valence-corrected chi connectivity index (χ4v) is 2.29. The fourth-order valence-electron chi connectivity index (χ4n) is 2.29. The molecule has 2 N–H and O–H groups in total. The van der Waals surface area contributed by atoms with Gasteiger partial charge in [-0.3, -0.25) is 0 Å². The van der Waals surface area contributed by atoms with Gasteiger partial charge in [0.1, 0.15) is 0 Å². The molecule has 1 heterocycles. The summed E-state index contributed by atoms with van der Waals surface area (Å²) >= 11 is 0. The normalized spacial score (nSPS) is 32.1. The van der Waals surface area contributed by atoms with E-state index in [1.165, 1.54) is 0 Å². The third kappa shape index (κ3) is 4.04. The van der Waals surface area contributed by atoms with Crippen molar-refractivity contribution in [2.45, 2.75) is 52.1 Å². The smallest absolute Gasteiger partial charge is 0.0632 e. The Morgan fingerprint density at radius 3 is 2.56 bits per heavy atom. The SMILES string of the molecule is CCC(C)(CO)CN1CCCC(C)(O)CC1. The molecule has 1 saturated heterocycles. The van der Waals surface area contributed by atoms with Crippen molar-refractivity contribution < 1.29 is 10.2 Å². The molecule has 0 saturated carbocycles. The topological polar surface area (TPSA) is 43.7 Å². The van der Waals surface area contributed by atoms with Gasteiger partial charge in [0.2, 0.25) is 0 Å². The second-order valence-corrected chi connectivity index (χ2v) is 5.95. The monoisotopic (exact) mass is 229 g/mol. The van der Waals surface area contributed by atoms with E-state index in [0.717, 1.165) is 45.3 Å². The molecule has 0 spiro atoms. The minimum Gasteiger partial charge on any atom is -0.396 e. The maximum atomic E-state index is 10.0. The number of nitrogens with zero attached hydrogens (tertiary/aromatic N) is 1. The van der Waals surface area contributed by atoms with Crippen molar-refractivity contribution in [2.75, 3.05) is 26.2 Å². The quantitative estimate of drug-likeness (QED) is 0.770. The van der Waals surface area contributed by atoms with Crippen LogP contribution in [0, 0.1) is 5.41 Å². The molecule has 0 radical (unpaired) electrons. The van der Waals surface area contributed by atoms with Gasteiger partial charge in [-0.1, -0.05) is 13.8 Å². The van der Waals surface area contributed by atoms with Gasteiger partial charge in [0.25, 0.3) is 0 Å². The highest BCUT2D eigenvalue weighted by Gasteiger charge is 2.29. The molecule has 2 unspecified atom stereocenters. The zero-order valence-electron chi connectivity index (χ0n) is 11.0. The molecule has 0 aromatic carbocycles. The summed E-state index contributed by atoms with van der Waals surface area (Å²) in [7, 11) is 0. The third-order valence-corrected chi connectivity index (χ3v) is 4.00. The van der Waals surface area contributed by atoms with Gasteiger partial charge < -0.3 is 15.1 Å². The average Bonchev–Trinajstić information content (AvgIpc) is 2.40. The number of hydrogen-bond acceptors (Lipinski definition) is 3. The first-order chi connectivity index (χ1) is 7.41. The van der Waals surface area contributed by atoms with Crippen molar-refractivity contribution in [3.8, 4) is 0 Å². The second kappa shape index (κ2) is 5.48. The zero-order valence-corrected chi connectivity index (χ0v) is 11.0. The molecule has 0 amide bonds. The maximum absolute atomic E-state index is 10.0. The van der Waals surface area contributed by atoms with Crippen LogP contribution in [-0.2, 0) is 0 Å². The Kier molecular flexibility index (Phi) is 4.77. The van der Waals surface area contributed by atoms with Crippen molar-refractivity contribution in [1.29, 1.82) is 0 Å². The molecule has 2 atom stereocenters. The molecule has 3 heteroatoms. The predicted molar refractivity (Wildman–Crippen MR) is 66.4 cm³/mol. The largest absolute Gasteiger partial charge is 0.396 e. The first kappa shape index (κ1) is 13.9. The first-order valence-corrected chi connectivity index (χ1v) is 6.46. The van der Waals surface area contributed by atoms with Crippen molar-refractivity contribution in [2.24, 2.45) is 5.41 Å². The van der Waals surface area contributed by atoms with Crippen LogP contribution in [0.15, 0.2) is 0 Å². The molecule has 1 aliphatic rings. The molecule has 1 rings (SSSR count). The Hall–Kier alpha value is -0.120. The van der Waals surface area contributed by atoms with Gasteiger partial charge in [-0.15, -0.1) is 0 Å². The number of aliphatic hydroxyl groups excluding tert-OH is 1.